The van der Waals surface area contributed by atoms with Crippen LogP contribution in [0.1, 0.15) is 0 Å². The van der Waals surface area contributed by atoms with Crippen LogP contribution in [0.5, 0.6) is 0 Å². The molecule has 2 aromatic carbocycles. The lowest BCUT2D eigenvalue weighted by atomic mass is 10.2. The van der Waals surface area contributed by atoms with Gasteiger partial charge in [-0.25, -0.2) is 8.42 Å². The zero-order valence-corrected chi connectivity index (χ0v) is 14.7. The molecule has 0 unspecified atom stereocenters. The first-order valence-electron chi connectivity index (χ1n) is 7.34. The van der Waals surface area contributed by atoms with E-state index in [9.17, 15) is 8.42 Å². The number of halogens is 2. The third-order valence-electron chi connectivity index (χ3n) is 4.03. The number of para-hydroxylation sites is 1. The number of nitrogens with one attached hydrogen (secondary N) is 1. The maximum Gasteiger partial charge on any atom is 0.243 e. The smallest absolute Gasteiger partial charge is 0.243 e. The van der Waals surface area contributed by atoms with Crippen molar-refractivity contribution < 1.29 is 13.3 Å². The maximum absolute atomic E-state index is 12.7. The maximum atomic E-state index is 12.7. The third-order valence-corrected chi connectivity index (χ3v) is 6.53. The van der Waals surface area contributed by atoms with E-state index in [2.05, 4.69) is 0 Å². The van der Waals surface area contributed by atoms with Gasteiger partial charge in [0.05, 0.1) is 31.1 Å². The standard InChI is InChI=1S/C16H16Cl2N2O2S/c17-13-5-7-14(8-6-13)23(21,22)20-11-9-19(10-12-20)16-4-2-1-3-15(16)18/h1-8H,9-12H2/p+1. The van der Waals surface area contributed by atoms with Gasteiger partial charge in [-0.3, -0.25) is 4.90 Å². The van der Waals surface area contributed by atoms with Crippen molar-refractivity contribution in [3.63, 3.8) is 0 Å². The lowest BCUT2D eigenvalue weighted by Crippen LogP contribution is -3.10. The molecule has 0 saturated carbocycles. The van der Waals surface area contributed by atoms with Crippen LogP contribution in [-0.4, -0.2) is 38.9 Å². The van der Waals surface area contributed by atoms with Crippen molar-refractivity contribution in [2.75, 3.05) is 26.2 Å². The Kier molecular flexibility index (Phi) is 4.94. The van der Waals surface area contributed by atoms with Crippen LogP contribution in [0.2, 0.25) is 10.0 Å². The highest BCUT2D eigenvalue weighted by atomic mass is 35.5. The Morgan fingerprint density at radius 1 is 0.913 bits per heavy atom. The number of quaternary nitrogens is 1. The molecule has 122 valence electrons. The van der Waals surface area contributed by atoms with Crippen LogP contribution in [0, 0.1) is 0 Å². The van der Waals surface area contributed by atoms with Gasteiger partial charge in [-0.1, -0.05) is 35.3 Å². The molecule has 2 aromatic rings. The van der Waals surface area contributed by atoms with Crippen molar-refractivity contribution in [1.29, 1.82) is 0 Å². The number of hydrogen-bond donors (Lipinski definition) is 1. The van der Waals surface area contributed by atoms with E-state index in [1.807, 2.05) is 24.3 Å². The molecule has 1 fully saturated rings. The minimum atomic E-state index is -3.47. The van der Waals surface area contributed by atoms with Crippen molar-refractivity contribution in [3.05, 3.63) is 58.6 Å². The van der Waals surface area contributed by atoms with E-state index in [1.165, 1.54) is 9.21 Å². The summed E-state index contributed by atoms with van der Waals surface area (Å²) in [6.07, 6.45) is 0. The monoisotopic (exact) mass is 371 g/mol. The van der Waals surface area contributed by atoms with Gasteiger partial charge in [0.25, 0.3) is 0 Å². The number of sulfonamides is 1. The van der Waals surface area contributed by atoms with E-state index in [4.69, 9.17) is 23.2 Å². The lowest BCUT2D eigenvalue weighted by Gasteiger charge is -2.31. The Hall–Kier alpha value is -1.11. The van der Waals surface area contributed by atoms with Crippen LogP contribution in [0.4, 0.5) is 5.69 Å². The molecule has 0 aromatic heterocycles. The molecule has 0 spiro atoms. The zero-order valence-electron chi connectivity index (χ0n) is 12.4. The summed E-state index contributed by atoms with van der Waals surface area (Å²) in [7, 11) is -3.47. The highest BCUT2D eigenvalue weighted by Crippen LogP contribution is 2.20. The molecule has 1 aliphatic heterocycles. The van der Waals surface area contributed by atoms with Gasteiger partial charge >= 0.3 is 0 Å². The normalized spacial score (nSPS) is 17.3. The van der Waals surface area contributed by atoms with Crippen molar-refractivity contribution in [1.82, 2.24) is 4.31 Å². The molecule has 1 saturated heterocycles. The van der Waals surface area contributed by atoms with Crippen molar-refractivity contribution in [2.24, 2.45) is 0 Å². The molecule has 0 aliphatic carbocycles. The van der Waals surface area contributed by atoms with E-state index in [1.54, 1.807) is 24.3 Å². The number of nitrogens with zero attached hydrogens (tertiary/aromatic N) is 1. The molecule has 1 N–H and O–H groups in total. The Morgan fingerprint density at radius 2 is 1.52 bits per heavy atom. The van der Waals surface area contributed by atoms with Gasteiger partial charge in [-0.2, -0.15) is 4.31 Å². The summed E-state index contributed by atoms with van der Waals surface area (Å²) < 4.78 is 26.8. The summed E-state index contributed by atoms with van der Waals surface area (Å²) in [6, 6.07) is 14.0. The average molecular weight is 372 g/mol. The van der Waals surface area contributed by atoms with Crippen molar-refractivity contribution >= 4 is 38.9 Å². The topological polar surface area (TPSA) is 41.8 Å². The summed E-state index contributed by atoms with van der Waals surface area (Å²) in [4.78, 5) is 1.49. The lowest BCUT2D eigenvalue weighted by molar-refractivity contribution is -0.837. The number of benzene rings is 2. The Bertz CT molecular complexity index is 786. The Balaban J connectivity index is 1.74. The van der Waals surface area contributed by atoms with Crippen LogP contribution in [0.25, 0.3) is 0 Å². The first-order chi connectivity index (χ1) is 11.0. The van der Waals surface area contributed by atoms with Gasteiger partial charge in [0.2, 0.25) is 10.0 Å². The summed E-state index contributed by atoms with van der Waals surface area (Å²) in [5, 5.41) is 1.24. The van der Waals surface area contributed by atoms with E-state index < -0.39 is 10.0 Å². The van der Waals surface area contributed by atoms with E-state index in [0.29, 0.717) is 31.2 Å². The van der Waals surface area contributed by atoms with Gasteiger partial charge in [-0.05, 0) is 30.3 Å². The summed E-state index contributed by atoms with van der Waals surface area (Å²) in [5.74, 6) is 0. The van der Waals surface area contributed by atoms with E-state index >= 15 is 0 Å². The van der Waals surface area contributed by atoms with Crippen LogP contribution in [0.15, 0.2) is 53.4 Å². The van der Waals surface area contributed by atoms with Gasteiger partial charge in [0, 0.05) is 11.1 Å². The molecule has 1 heterocycles. The third kappa shape index (κ3) is 3.54. The fourth-order valence-electron chi connectivity index (χ4n) is 2.77. The molecular formula is C16H17Cl2N2O2S+. The fourth-order valence-corrected chi connectivity index (χ4v) is 4.61. The Labute approximate surface area is 146 Å². The average Bonchev–Trinajstić information content (AvgIpc) is 2.56. The summed E-state index contributed by atoms with van der Waals surface area (Å²) in [5.41, 5.74) is 1.03. The second-order valence-corrected chi connectivity index (χ2v) is 8.22. The summed E-state index contributed by atoms with van der Waals surface area (Å²) >= 11 is 12.1. The van der Waals surface area contributed by atoms with Crippen LogP contribution in [0.3, 0.4) is 0 Å². The zero-order chi connectivity index (χ0) is 16.4. The molecule has 1 aliphatic rings. The van der Waals surface area contributed by atoms with E-state index in [-0.39, 0.29) is 4.90 Å². The highest BCUT2D eigenvalue weighted by Gasteiger charge is 2.31. The molecular weight excluding hydrogens is 355 g/mol. The summed E-state index contributed by atoms with van der Waals surface area (Å²) in [6.45, 7) is 2.31. The second-order valence-electron chi connectivity index (χ2n) is 5.44. The number of hydrogen-bond acceptors (Lipinski definition) is 2. The van der Waals surface area contributed by atoms with Crippen molar-refractivity contribution in [3.8, 4) is 0 Å². The molecule has 0 amide bonds. The van der Waals surface area contributed by atoms with Crippen LogP contribution >= 0.6 is 23.2 Å². The first-order valence-corrected chi connectivity index (χ1v) is 9.53. The number of rotatable bonds is 3. The molecule has 4 nitrogen and oxygen atoms in total. The molecule has 0 atom stereocenters. The minimum Gasteiger partial charge on any atom is -0.299 e. The fraction of sp³-hybridized carbons (Fsp3) is 0.250. The van der Waals surface area contributed by atoms with Crippen molar-refractivity contribution in [2.45, 2.75) is 4.90 Å². The highest BCUT2D eigenvalue weighted by molar-refractivity contribution is 7.89. The predicted molar refractivity (Wildman–Crippen MR) is 92.0 cm³/mol. The minimum absolute atomic E-state index is 0.281. The largest absolute Gasteiger partial charge is 0.299 e. The predicted octanol–water partition coefficient (Wildman–Crippen LogP) is 2.21. The molecule has 0 bridgehead atoms. The van der Waals surface area contributed by atoms with Gasteiger partial charge < -0.3 is 0 Å². The molecule has 3 rings (SSSR count). The number of piperazine rings is 1. The molecule has 7 heteroatoms. The Morgan fingerprint density at radius 3 is 2.13 bits per heavy atom. The van der Waals surface area contributed by atoms with E-state index in [0.717, 1.165) is 10.7 Å². The molecule has 0 radical (unpaired) electrons. The van der Waals surface area contributed by atoms with Gasteiger partial charge in [0.1, 0.15) is 10.7 Å². The first kappa shape index (κ1) is 16.7. The van der Waals surface area contributed by atoms with Crippen LogP contribution < -0.4 is 4.90 Å². The SMILES string of the molecule is O=S(=O)(c1ccc(Cl)cc1)N1CC[NH+](c2ccccc2Cl)CC1. The van der Waals surface area contributed by atoms with Gasteiger partial charge in [-0.15, -0.1) is 0 Å². The quantitative estimate of drug-likeness (QED) is 0.898. The van der Waals surface area contributed by atoms with Gasteiger partial charge in [0.15, 0.2) is 0 Å². The van der Waals surface area contributed by atoms with Crippen LogP contribution in [-0.2, 0) is 10.0 Å². The molecule has 23 heavy (non-hydrogen) atoms. The second kappa shape index (κ2) is 6.79.